The molecule has 5 nitrogen and oxygen atoms in total. The molecule has 2 atom stereocenters. The molecule has 10 heteroatoms. The fraction of sp³-hybridized carbons (Fsp3) is 0.556. The minimum Gasteiger partial charge on any atom is -0.489 e. The minimum absolute atomic E-state index is 0.0167. The zero-order valence-electron chi connectivity index (χ0n) is 20.6. The van der Waals surface area contributed by atoms with Crippen LogP contribution in [-0.2, 0) is 29.0 Å². The Morgan fingerprint density at radius 3 is 2.51 bits per heavy atom. The summed E-state index contributed by atoms with van der Waals surface area (Å²) in [4.78, 5) is 2.33. The Morgan fingerprint density at radius 2 is 1.86 bits per heavy atom. The van der Waals surface area contributed by atoms with Crippen molar-refractivity contribution >= 4 is 10.0 Å². The molecule has 0 bridgehead atoms. The lowest BCUT2D eigenvalue weighted by molar-refractivity contribution is -0.137. The largest absolute Gasteiger partial charge is 0.489 e. The highest BCUT2D eigenvalue weighted by atomic mass is 32.2. The van der Waals surface area contributed by atoms with Gasteiger partial charge in [-0.25, -0.2) is 17.5 Å². The van der Waals surface area contributed by atoms with Gasteiger partial charge in [0, 0.05) is 13.1 Å². The lowest BCUT2D eigenvalue weighted by Crippen LogP contribution is -2.41. The van der Waals surface area contributed by atoms with Crippen LogP contribution in [0.25, 0.3) is 0 Å². The number of alkyl halides is 3. The van der Waals surface area contributed by atoms with Crippen LogP contribution in [0.4, 0.5) is 17.6 Å². The Balaban J connectivity index is 1.32. The summed E-state index contributed by atoms with van der Waals surface area (Å²) in [6.45, 7) is 2.85. The Kier molecular flexibility index (Phi) is 7.53. The van der Waals surface area contributed by atoms with Crippen molar-refractivity contribution in [2.75, 3.05) is 32.8 Å². The smallest absolute Gasteiger partial charge is 0.416 e. The van der Waals surface area contributed by atoms with Crippen LogP contribution in [0, 0.1) is 11.7 Å². The number of sulfonamides is 1. The van der Waals surface area contributed by atoms with E-state index >= 15 is 0 Å². The molecule has 1 aliphatic heterocycles. The average molecular weight is 541 g/mol. The van der Waals surface area contributed by atoms with E-state index in [2.05, 4.69) is 9.62 Å². The second-order valence-electron chi connectivity index (χ2n) is 10.4. The van der Waals surface area contributed by atoms with Gasteiger partial charge in [-0.15, -0.1) is 0 Å². The molecule has 3 aliphatic rings. The van der Waals surface area contributed by atoms with Crippen LogP contribution in [0.1, 0.15) is 53.9 Å². The van der Waals surface area contributed by atoms with Crippen molar-refractivity contribution in [2.24, 2.45) is 5.92 Å². The Morgan fingerprint density at radius 1 is 1.08 bits per heavy atom. The molecule has 0 spiro atoms. The van der Waals surface area contributed by atoms with Crippen LogP contribution in [-0.4, -0.2) is 51.4 Å². The quantitative estimate of drug-likeness (QED) is 0.344. The van der Waals surface area contributed by atoms with Gasteiger partial charge in [-0.3, -0.25) is 0 Å². The summed E-state index contributed by atoms with van der Waals surface area (Å²) in [5.74, 6) is -0.379. The van der Waals surface area contributed by atoms with Crippen LogP contribution < -0.4 is 9.46 Å². The Hall–Kier alpha value is -2.17. The van der Waals surface area contributed by atoms with Crippen LogP contribution in [0.15, 0.2) is 36.4 Å². The van der Waals surface area contributed by atoms with Crippen molar-refractivity contribution in [3.8, 4) is 5.75 Å². The molecule has 5 rings (SSSR count). The first-order chi connectivity index (χ1) is 17.6. The summed E-state index contributed by atoms with van der Waals surface area (Å²) in [5.41, 5.74) is 1.68. The molecule has 1 heterocycles. The molecule has 2 aromatic carbocycles. The van der Waals surface area contributed by atoms with Crippen molar-refractivity contribution in [1.29, 1.82) is 0 Å². The van der Waals surface area contributed by atoms with Crippen molar-refractivity contribution in [1.82, 2.24) is 9.62 Å². The van der Waals surface area contributed by atoms with E-state index in [1.807, 2.05) is 0 Å². The standard InChI is InChI=1S/C27H32F4N2O3S/c28-25-15-19-14-20(17-33-9-3-10-33)23(13-18-4-1-5-21(12-18)27(29,30)31)24(19)16-26(25)36-11-8-32-37(34,35)22-6-2-7-22/h1,4-5,12,15-16,20,22-23,32H,2-3,6-11,13-14,17H2. The third-order valence-electron chi connectivity index (χ3n) is 7.95. The maximum absolute atomic E-state index is 14.9. The van der Waals surface area contributed by atoms with Gasteiger partial charge in [-0.2, -0.15) is 13.2 Å². The van der Waals surface area contributed by atoms with E-state index in [4.69, 9.17) is 4.74 Å². The number of hydrogen-bond acceptors (Lipinski definition) is 4. The Bertz CT molecular complexity index is 1230. The summed E-state index contributed by atoms with van der Waals surface area (Å²) in [6, 6.07) is 8.56. The van der Waals surface area contributed by atoms with E-state index in [9.17, 15) is 26.0 Å². The molecule has 2 aromatic rings. The van der Waals surface area contributed by atoms with Gasteiger partial charge in [0.05, 0.1) is 10.8 Å². The topological polar surface area (TPSA) is 58.6 Å². The third-order valence-corrected chi connectivity index (χ3v) is 9.91. The molecule has 0 amide bonds. The van der Waals surface area contributed by atoms with E-state index in [0.717, 1.165) is 49.7 Å². The number of fused-ring (bicyclic) bond motifs is 1. The first kappa shape index (κ1) is 26.4. The first-order valence-electron chi connectivity index (χ1n) is 12.9. The van der Waals surface area contributed by atoms with E-state index in [1.165, 1.54) is 18.2 Å². The molecule has 37 heavy (non-hydrogen) atoms. The second-order valence-corrected chi connectivity index (χ2v) is 12.5. The summed E-state index contributed by atoms with van der Waals surface area (Å²) in [5, 5.41) is -0.357. The molecule has 1 N–H and O–H groups in total. The number of benzene rings is 2. The predicted molar refractivity (Wildman–Crippen MR) is 133 cm³/mol. The summed E-state index contributed by atoms with van der Waals surface area (Å²) in [6.07, 6.45) is 0.0153. The predicted octanol–water partition coefficient (Wildman–Crippen LogP) is 4.90. The number of ether oxygens (including phenoxy) is 1. The molecule has 1 saturated heterocycles. The van der Waals surface area contributed by atoms with Crippen LogP contribution in [0.2, 0.25) is 0 Å². The van der Waals surface area contributed by atoms with Crippen LogP contribution >= 0.6 is 0 Å². The van der Waals surface area contributed by atoms with Gasteiger partial charge in [-0.05, 0) is 91.9 Å². The highest BCUT2D eigenvalue weighted by molar-refractivity contribution is 7.90. The zero-order valence-corrected chi connectivity index (χ0v) is 21.4. The van der Waals surface area contributed by atoms with E-state index in [0.29, 0.717) is 31.2 Å². The van der Waals surface area contributed by atoms with Crippen LogP contribution in [0.5, 0.6) is 5.75 Å². The summed E-state index contributed by atoms with van der Waals surface area (Å²) < 4.78 is 87.3. The van der Waals surface area contributed by atoms with Crippen molar-refractivity contribution in [3.05, 3.63) is 64.5 Å². The number of halogens is 4. The van der Waals surface area contributed by atoms with Gasteiger partial charge in [0.25, 0.3) is 0 Å². The Labute approximate surface area is 215 Å². The highest BCUT2D eigenvalue weighted by Crippen LogP contribution is 2.44. The molecule has 2 unspecified atom stereocenters. The van der Waals surface area contributed by atoms with Gasteiger partial charge in [-0.1, -0.05) is 24.6 Å². The number of rotatable bonds is 10. The zero-order chi connectivity index (χ0) is 26.2. The van der Waals surface area contributed by atoms with Gasteiger partial charge < -0.3 is 9.64 Å². The van der Waals surface area contributed by atoms with Crippen molar-refractivity contribution in [3.63, 3.8) is 0 Å². The average Bonchev–Trinajstić information content (AvgIpc) is 3.07. The van der Waals surface area contributed by atoms with Crippen LogP contribution in [0.3, 0.4) is 0 Å². The molecule has 1 saturated carbocycles. The maximum Gasteiger partial charge on any atom is 0.416 e. The normalized spacial score (nSPS) is 22.4. The summed E-state index contributed by atoms with van der Waals surface area (Å²) in [7, 11) is -3.38. The summed E-state index contributed by atoms with van der Waals surface area (Å²) >= 11 is 0. The highest BCUT2D eigenvalue weighted by Gasteiger charge is 2.37. The fourth-order valence-electron chi connectivity index (χ4n) is 5.56. The van der Waals surface area contributed by atoms with E-state index < -0.39 is 27.6 Å². The molecule has 202 valence electrons. The van der Waals surface area contributed by atoms with Gasteiger partial charge in [0.1, 0.15) is 6.61 Å². The fourth-order valence-corrected chi connectivity index (χ4v) is 7.12. The molecule has 0 aromatic heterocycles. The molecule has 2 aliphatic carbocycles. The minimum atomic E-state index is -4.41. The second kappa shape index (κ2) is 10.5. The van der Waals surface area contributed by atoms with E-state index in [1.54, 1.807) is 12.1 Å². The third kappa shape index (κ3) is 5.96. The van der Waals surface area contributed by atoms with Gasteiger partial charge in [0.2, 0.25) is 10.0 Å². The molecular formula is C27H32F4N2O3S. The molecule has 2 fully saturated rings. The SMILES string of the molecule is O=S(=O)(NCCOc1cc2c(cc1F)CC(CN1CCC1)C2Cc1cccc(C(F)(F)F)c1)C1CCC1. The lowest BCUT2D eigenvalue weighted by atomic mass is 9.85. The van der Waals surface area contributed by atoms with E-state index in [-0.39, 0.29) is 36.0 Å². The maximum atomic E-state index is 14.9. The molecular weight excluding hydrogens is 508 g/mol. The first-order valence-corrected chi connectivity index (χ1v) is 14.5. The van der Waals surface area contributed by atoms with Crippen molar-refractivity contribution in [2.45, 2.75) is 55.9 Å². The number of nitrogens with one attached hydrogen (secondary N) is 1. The monoisotopic (exact) mass is 540 g/mol. The van der Waals surface area contributed by atoms with Gasteiger partial charge in [0.15, 0.2) is 11.6 Å². The number of hydrogen-bond donors (Lipinski definition) is 1. The van der Waals surface area contributed by atoms with Gasteiger partial charge >= 0.3 is 6.18 Å². The number of nitrogens with zero attached hydrogens (tertiary/aromatic N) is 1. The lowest BCUT2D eigenvalue weighted by Gasteiger charge is -2.35. The molecule has 0 radical (unpaired) electrons. The number of likely N-dealkylation sites (tertiary alicyclic amines) is 1. The van der Waals surface area contributed by atoms with Crippen molar-refractivity contribution < 1.29 is 30.7 Å².